The normalized spacial score (nSPS) is 14.7. The summed E-state index contributed by atoms with van der Waals surface area (Å²) in [6, 6.07) is 16.2. The molecule has 0 N–H and O–H groups in total. The number of ether oxygens (including phenoxy) is 2. The van der Waals surface area contributed by atoms with E-state index in [2.05, 4.69) is 19.7 Å². The van der Waals surface area contributed by atoms with Gasteiger partial charge in [-0.15, -0.1) is 10.2 Å². The summed E-state index contributed by atoms with van der Waals surface area (Å²) in [5.41, 5.74) is 0.860. The first kappa shape index (κ1) is 20.8. The number of morpholine rings is 1. The molecule has 158 valence electrons. The van der Waals surface area contributed by atoms with Crippen LogP contribution in [0.2, 0.25) is 0 Å². The van der Waals surface area contributed by atoms with Gasteiger partial charge in [-0.2, -0.15) is 0 Å². The standard InChI is InChI=1S/C22H25FN4O2S/c23-19-8-6-18(7-9-19)21-24-25-22(27(21)11-10-26-12-14-28-15-13-26)30-17-16-29-20-4-2-1-3-5-20/h1-9H,10-17H2. The van der Waals surface area contributed by atoms with E-state index < -0.39 is 0 Å². The lowest BCUT2D eigenvalue weighted by Gasteiger charge is -2.27. The van der Waals surface area contributed by atoms with Gasteiger partial charge in [0.05, 0.1) is 19.8 Å². The third kappa shape index (κ3) is 5.59. The van der Waals surface area contributed by atoms with Crippen LogP contribution in [0.1, 0.15) is 0 Å². The van der Waals surface area contributed by atoms with Gasteiger partial charge < -0.3 is 14.0 Å². The molecule has 0 spiro atoms. The molecule has 30 heavy (non-hydrogen) atoms. The van der Waals surface area contributed by atoms with Crippen molar-refractivity contribution in [2.24, 2.45) is 0 Å². The summed E-state index contributed by atoms with van der Waals surface area (Å²) in [5, 5.41) is 9.66. The topological polar surface area (TPSA) is 52.4 Å². The third-order valence-electron chi connectivity index (χ3n) is 4.89. The van der Waals surface area contributed by atoms with Gasteiger partial charge in [0.25, 0.3) is 0 Å². The fourth-order valence-electron chi connectivity index (χ4n) is 3.28. The molecular weight excluding hydrogens is 403 g/mol. The van der Waals surface area contributed by atoms with Gasteiger partial charge in [0.15, 0.2) is 11.0 Å². The van der Waals surface area contributed by atoms with E-state index in [1.54, 1.807) is 23.9 Å². The van der Waals surface area contributed by atoms with E-state index in [1.807, 2.05) is 30.3 Å². The van der Waals surface area contributed by atoms with Crippen molar-refractivity contribution in [2.45, 2.75) is 11.7 Å². The first-order chi connectivity index (χ1) is 14.8. The Hall–Kier alpha value is -2.42. The van der Waals surface area contributed by atoms with Gasteiger partial charge >= 0.3 is 0 Å². The molecule has 1 saturated heterocycles. The number of halogens is 1. The fraction of sp³-hybridized carbons (Fsp3) is 0.364. The van der Waals surface area contributed by atoms with Crippen LogP contribution in [0.15, 0.2) is 59.8 Å². The lowest BCUT2D eigenvalue weighted by atomic mass is 10.2. The molecule has 0 aliphatic carbocycles. The van der Waals surface area contributed by atoms with Gasteiger partial charge in [0, 0.05) is 37.5 Å². The molecule has 0 amide bonds. The largest absolute Gasteiger partial charge is 0.493 e. The molecule has 2 heterocycles. The van der Waals surface area contributed by atoms with Crippen LogP contribution in [0.4, 0.5) is 4.39 Å². The molecular formula is C22H25FN4O2S. The molecule has 1 aromatic heterocycles. The quantitative estimate of drug-likeness (QED) is 0.384. The number of hydrogen-bond acceptors (Lipinski definition) is 6. The van der Waals surface area contributed by atoms with Gasteiger partial charge in [0.1, 0.15) is 11.6 Å². The Balaban J connectivity index is 1.43. The van der Waals surface area contributed by atoms with Gasteiger partial charge in [-0.3, -0.25) is 4.90 Å². The van der Waals surface area contributed by atoms with Crippen LogP contribution in [-0.2, 0) is 11.3 Å². The summed E-state index contributed by atoms with van der Waals surface area (Å²) in [4.78, 5) is 2.38. The predicted molar refractivity (Wildman–Crippen MR) is 115 cm³/mol. The van der Waals surface area contributed by atoms with Crippen molar-refractivity contribution in [2.75, 3.05) is 45.2 Å². The summed E-state index contributed by atoms with van der Waals surface area (Å²) < 4.78 is 26.7. The zero-order valence-corrected chi connectivity index (χ0v) is 17.6. The van der Waals surface area contributed by atoms with E-state index >= 15 is 0 Å². The Morgan fingerprint density at radius 1 is 0.967 bits per heavy atom. The predicted octanol–water partition coefficient (Wildman–Crippen LogP) is 3.59. The zero-order chi connectivity index (χ0) is 20.6. The Bertz CT molecular complexity index is 915. The highest BCUT2D eigenvalue weighted by Crippen LogP contribution is 2.24. The van der Waals surface area contributed by atoms with Crippen LogP contribution in [0.3, 0.4) is 0 Å². The van der Waals surface area contributed by atoms with Crippen molar-refractivity contribution in [3.63, 3.8) is 0 Å². The zero-order valence-electron chi connectivity index (χ0n) is 16.7. The van der Waals surface area contributed by atoms with Crippen molar-refractivity contribution >= 4 is 11.8 Å². The Morgan fingerprint density at radius 3 is 2.50 bits per heavy atom. The number of nitrogens with zero attached hydrogens (tertiary/aromatic N) is 4. The molecule has 0 unspecified atom stereocenters. The summed E-state index contributed by atoms with van der Waals surface area (Å²) in [5.74, 6) is 2.12. The average Bonchev–Trinajstić information content (AvgIpc) is 3.20. The molecule has 0 atom stereocenters. The van der Waals surface area contributed by atoms with E-state index in [9.17, 15) is 4.39 Å². The number of thioether (sulfide) groups is 1. The Labute approximate surface area is 180 Å². The minimum absolute atomic E-state index is 0.259. The van der Waals surface area contributed by atoms with Crippen molar-refractivity contribution < 1.29 is 13.9 Å². The van der Waals surface area contributed by atoms with Crippen LogP contribution in [0.25, 0.3) is 11.4 Å². The van der Waals surface area contributed by atoms with Crippen molar-refractivity contribution in [3.05, 3.63) is 60.4 Å². The molecule has 1 aliphatic heterocycles. The third-order valence-corrected chi connectivity index (χ3v) is 5.82. The number of benzene rings is 2. The van der Waals surface area contributed by atoms with E-state index in [1.165, 1.54) is 12.1 Å². The second-order valence-corrected chi connectivity index (χ2v) is 7.99. The van der Waals surface area contributed by atoms with E-state index in [0.717, 1.165) is 67.4 Å². The number of para-hydroxylation sites is 1. The van der Waals surface area contributed by atoms with Crippen LogP contribution in [0.5, 0.6) is 5.75 Å². The van der Waals surface area contributed by atoms with Crippen LogP contribution >= 0.6 is 11.8 Å². The molecule has 2 aromatic carbocycles. The lowest BCUT2D eigenvalue weighted by Crippen LogP contribution is -2.38. The minimum atomic E-state index is -0.259. The number of rotatable bonds is 9. The summed E-state index contributed by atoms with van der Waals surface area (Å²) >= 11 is 1.62. The molecule has 4 rings (SSSR count). The van der Waals surface area contributed by atoms with Gasteiger partial charge in [-0.1, -0.05) is 30.0 Å². The highest BCUT2D eigenvalue weighted by Gasteiger charge is 2.17. The summed E-state index contributed by atoms with van der Waals surface area (Å²) in [7, 11) is 0. The summed E-state index contributed by atoms with van der Waals surface area (Å²) in [6.07, 6.45) is 0. The van der Waals surface area contributed by atoms with Gasteiger partial charge in [-0.05, 0) is 36.4 Å². The average molecular weight is 429 g/mol. The Kier molecular flexibility index (Phi) is 7.34. The van der Waals surface area contributed by atoms with Crippen LogP contribution < -0.4 is 4.74 Å². The number of aromatic nitrogens is 3. The van der Waals surface area contributed by atoms with Gasteiger partial charge in [-0.25, -0.2) is 4.39 Å². The molecule has 8 heteroatoms. The highest BCUT2D eigenvalue weighted by molar-refractivity contribution is 7.99. The maximum absolute atomic E-state index is 13.4. The molecule has 1 aliphatic rings. The molecule has 3 aromatic rings. The lowest BCUT2D eigenvalue weighted by molar-refractivity contribution is 0.0361. The summed E-state index contributed by atoms with van der Waals surface area (Å²) in [6.45, 7) is 5.64. The van der Waals surface area contributed by atoms with E-state index in [4.69, 9.17) is 9.47 Å². The van der Waals surface area contributed by atoms with Gasteiger partial charge in [0.2, 0.25) is 0 Å². The second kappa shape index (κ2) is 10.6. The fourth-order valence-corrected chi connectivity index (χ4v) is 4.07. The van der Waals surface area contributed by atoms with Crippen molar-refractivity contribution in [3.8, 4) is 17.1 Å². The first-order valence-electron chi connectivity index (χ1n) is 10.1. The molecule has 0 saturated carbocycles. The maximum Gasteiger partial charge on any atom is 0.191 e. The molecule has 6 nitrogen and oxygen atoms in total. The van der Waals surface area contributed by atoms with Crippen LogP contribution in [0, 0.1) is 5.82 Å². The Morgan fingerprint density at radius 2 is 1.73 bits per heavy atom. The van der Waals surface area contributed by atoms with E-state index in [0.29, 0.717) is 6.61 Å². The second-order valence-electron chi connectivity index (χ2n) is 6.93. The smallest absolute Gasteiger partial charge is 0.191 e. The molecule has 1 fully saturated rings. The molecule has 0 radical (unpaired) electrons. The first-order valence-corrected chi connectivity index (χ1v) is 11.1. The highest BCUT2D eigenvalue weighted by atomic mass is 32.2. The van der Waals surface area contributed by atoms with E-state index in [-0.39, 0.29) is 5.82 Å². The minimum Gasteiger partial charge on any atom is -0.493 e. The van der Waals surface area contributed by atoms with Crippen molar-refractivity contribution in [1.29, 1.82) is 0 Å². The monoisotopic (exact) mass is 428 g/mol. The van der Waals surface area contributed by atoms with Crippen LogP contribution in [-0.4, -0.2) is 64.9 Å². The van der Waals surface area contributed by atoms with Crippen molar-refractivity contribution in [1.82, 2.24) is 19.7 Å². The SMILES string of the molecule is Fc1ccc(-c2nnc(SCCOc3ccccc3)n2CCN2CCOCC2)cc1. The maximum atomic E-state index is 13.4. The number of hydrogen-bond donors (Lipinski definition) is 0. The molecule has 0 bridgehead atoms.